The van der Waals surface area contributed by atoms with Gasteiger partial charge in [0.15, 0.2) is 0 Å². The van der Waals surface area contributed by atoms with E-state index in [1.807, 2.05) is 51.1 Å². The Morgan fingerprint density at radius 1 is 1.30 bits per heavy atom. The van der Waals surface area contributed by atoms with Crippen molar-refractivity contribution in [3.05, 3.63) is 51.7 Å². The predicted octanol–water partition coefficient (Wildman–Crippen LogP) is 2.72. The van der Waals surface area contributed by atoms with Crippen LogP contribution < -0.4 is 5.73 Å². The molecule has 2 aromatic rings. The average molecular weight is 274 g/mol. The van der Waals surface area contributed by atoms with Crippen molar-refractivity contribution in [3.8, 4) is 0 Å². The van der Waals surface area contributed by atoms with Crippen LogP contribution in [0.3, 0.4) is 0 Å². The van der Waals surface area contributed by atoms with Crippen LogP contribution in [0.1, 0.15) is 32.0 Å². The van der Waals surface area contributed by atoms with Crippen LogP contribution >= 0.6 is 0 Å². The standard InChI is InChI=1S/C14H18N4O2/c1-14(2,3)12-11(18(19)20)13(15)17(16-12)9-10-7-5-4-6-8-10/h4-8H,9,15H2,1-3H3. The molecule has 0 atom stereocenters. The Morgan fingerprint density at radius 3 is 2.35 bits per heavy atom. The molecular formula is C14H18N4O2. The number of hydrogen-bond acceptors (Lipinski definition) is 4. The van der Waals surface area contributed by atoms with Gasteiger partial charge in [0.05, 0.1) is 11.5 Å². The Kier molecular flexibility index (Phi) is 3.48. The number of benzene rings is 1. The van der Waals surface area contributed by atoms with Gasteiger partial charge in [0.2, 0.25) is 5.82 Å². The molecule has 0 aliphatic heterocycles. The number of anilines is 1. The summed E-state index contributed by atoms with van der Waals surface area (Å²) in [6.45, 7) is 6.07. The molecular weight excluding hydrogens is 256 g/mol. The molecule has 0 amide bonds. The summed E-state index contributed by atoms with van der Waals surface area (Å²) >= 11 is 0. The van der Waals surface area contributed by atoms with Crippen LogP contribution in [-0.4, -0.2) is 14.7 Å². The first-order valence-electron chi connectivity index (χ1n) is 6.36. The Hall–Kier alpha value is -2.37. The number of aromatic nitrogens is 2. The molecule has 1 aromatic heterocycles. The highest BCUT2D eigenvalue weighted by atomic mass is 16.6. The third-order valence-electron chi connectivity index (χ3n) is 3.03. The van der Waals surface area contributed by atoms with Crippen LogP contribution in [-0.2, 0) is 12.0 Å². The van der Waals surface area contributed by atoms with E-state index < -0.39 is 10.3 Å². The van der Waals surface area contributed by atoms with E-state index in [9.17, 15) is 10.1 Å². The minimum atomic E-state index is -0.454. The zero-order chi connectivity index (χ0) is 14.9. The zero-order valence-electron chi connectivity index (χ0n) is 11.8. The molecule has 0 bridgehead atoms. The van der Waals surface area contributed by atoms with E-state index in [-0.39, 0.29) is 11.5 Å². The highest BCUT2D eigenvalue weighted by Crippen LogP contribution is 2.34. The smallest absolute Gasteiger partial charge is 0.334 e. The van der Waals surface area contributed by atoms with Gasteiger partial charge in [0, 0.05) is 5.41 Å². The molecule has 0 radical (unpaired) electrons. The average Bonchev–Trinajstić information content (AvgIpc) is 2.68. The maximum Gasteiger partial charge on any atom is 0.334 e. The summed E-state index contributed by atoms with van der Waals surface area (Å²) in [5.41, 5.74) is 6.80. The zero-order valence-corrected chi connectivity index (χ0v) is 11.8. The molecule has 0 aliphatic rings. The quantitative estimate of drug-likeness (QED) is 0.688. The molecule has 1 heterocycles. The number of nitrogen functional groups attached to an aromatic ring is 1. The van der Waals surface area contributed by atoms with Crippen LogP contribution in [0.5, 0.6) is 0 Å². The molecule has 0 unspecified atom stereocenters. The van der Waals surface area contributed by atoms with Crippen molar-refractivity contribution in [3.63, 3.8) is 0 Å². The Bertz CT molecular complexity index is 627. The Balaban J connectivity index is 2.48. The molecule has 6 nitrogen and oxygen atoms in total. The second kappa shape index (κ2) is 4.96. The van der Waals surface area contributed by atoms with Gasteiger partial charge in [-0.05, 0) is 5.56 Å². The van der Waals surface area contributed by atoms with Gasteiger partial charge in [-0.15, -0.1) is 0 Å². The number of hydrogen-bond donors (Lipinski definition) is 1. The summed E-state index contributed by atoms with van der Waals surface area (Å²) in [5, 5.41) is 15.6. The van der Waals surface area contributed by atoms with Gasteiger partial charge in [-0.25, -0.2) is 4.68 Å². The fraction of sp³-hybridized carbons (Fsp3) is 0.357. The molecule has 106 valence electrons. The van der Waals surface area contributed by atoms with Gasteiger partial charge in [-0.1, -0.05) is 51.1 Å². The van der Waals surface area contributed by atoms with Crippen molar-refractivity contribution < 1.29 is 4.92 Å². The monoisotopic (exact) mass is 274 g/mol. The topological polar surface area (TPSA) is 87.0 Å². The number of nitrogens with two attached hydrogens (primary N) is 1. The van der Waals surface area contributed by atoms with Crippen molar-refractivity contribution in [2.24, 2.45) is 0 Å². The first-order valence-corrected chi connectivity index (χ1v) is 6.36. The Morgan fingerprint density at radius 2 is 1.90 bits per heavy atom. The normalized spacial score (nSPS) is 11.6. The van der Waals surface area contributed by atoms with E-state index >= 15 is 0 Å². The maximum absolute atomic E-state index is 11.2. The van der Waals surface area contributed by atoms with Gasteiger partial charge < -0.3 is 5.73 Å². The van der Waals surface area contributed by atoms with Crippen molar-refractivity contribution in [1.82, 2.24) is 9.78 Å². The maximum atomic E-state index is 11.2. The van der Waals surface area contributed by atoms with Crippen molar-refractivity contribution in [2.75, 3.05) is 5.73 Å². The van der Waals surface area contributed by atoms with E-state index in [1.54, 1.807) is 0 Å². The Labute approximate surface area is 117 Å². The molecule has 2 N–H and O–H groups in total. The summed E-state index contributed by atoms with van der Waals surface area (Å²) in [5.74, 6) is 0.101. The molecule has 0 fully saturated rings. The molecule has 0 saturated heterocycles. The second-order valence-corrected chi connectivity index (χ2v) is 5.73. The number of rotatable bonds is 3. The fourth-order valence-corrected chi connectivity index (χ4v) is 2.03. The molecule has 6 heteroatoms. The minimum absolute atomic E-state index is 0.0894. The van der Waals surface area contributed by atoms with Gasteiger partial charge in [0.1, 0.15) is 5.69 Å². The first-order chi connectivity index (χ1) is 9.30. The van der Waals surface area contributed by atoms with Crippen LogP contribution in [0.2, 0.25) is 0 Å². The SMILES string of the molecule is CC(C)(C)c1nn(Cc2ccccc2)c(N)c1[N+](=O)[O-]. The third-order valence-corrected chi connectivity index (χ3v) is 3.03. The van der Waals surface area contributed by atoms with E-state index in [0.717, 1.165) is 5.56 Å². The van der Waals surface area contributed by atoms with Crippen LogP contribution in [0, 0.1) is 10.1 Å². The van der Waals surface area contributed by atoms with Crippen LogP contribution in [0.25, 0.3) is 0 Å². The largest absolute Gasteiger partial charge is 0.378 e. The molecule has 0 saturated carbocycles. The van der Waals surface area contributed by atoms with E-state index in [0.29, 0.717) is 12.2 Å². The molecule has 0 spiro atoms. The summed E-state index contributed by atoms with van der Waals surface area (Å²) < 4.78 is 1.49. The number of nitrogens with zero attached hydrogens (tertiary/aromatic N) is 3. The lowest BCUT2D eigenvalue weighted by Gasteiger charge is -2.13. The minimum Gasteiger partial charge on any atom is -0.378 e. The summed E-state index contributed by atoms with van der Waals surface area (Å²) in [7, 11) is 0. The van der Waals surface area contributed by atoms with Gasteiger partial charge in [-0.3, -0.25) is 10.1 Å². The predicted molar refractivity (Wildman–Crippen MR) is 77.5 cm³/mol. The highest BCUT2D eigenvalue weighted by Gasteiger charge is 2.33. The lowest BCUT2D eigenvalue weighted by Crippen LogP contribution is -2.14. The van der Waals surface area contributed by atoms with E-state index in [4.69, 9.17) is 5.73 Å². The van der Waals surface area contributed by atoms with Gasteiger partial charge >= 0.3 is 5.69 Å². The van der Waals surface area contributed by atoms with Gasteiger partial charge in [-0.2, -0.15) is 5.10 Å². The lowest BCUT2D eigenvalue weighted by molar-refractivity contribution is -0.385. The molecule has 1 aromatic carbocycles. The number of nitro groups is 1. The second-order valence-electron chi connectivity index (χ2n) is 5.73. The lowest BCUT2D eigenvalue weighted by atomic mass is 9.91. The van der Waals surface area contributed by atoms with Crippen LogP contribution in [0.15, 0.2) is 30.3 Å². The molecule has 0 aliphatic carbocycles. The first kappa shape index (κ1) is 14.0. The van der Waals surface area contributed by atoms with Crippen molar-refractivity contribution in [1.29, 1.82) is 0 Å². The molecule has 2 rings (SSSR count). The van der Waals surface area contributed by atoms with Gasteiger partial charge in [0.25, 0.3) is 0 Å². The third kappa shape index (κ3) is 2.64. The molecule has 20 heavy (non-hydrogen) atoms. The van der Waals surface area contributed by atoms with E-state index in [1.165, 1.54) is 4.68 Å². The summed E-state index contributed by atoms with van der Waals surface area (Å²) in [6.07, 6.45) is 0. The van der Waals surface area contributed by atoms with E-state index in [2.05, 4.69) is 5.10 Å². The van der Waals surface area contributed by atoms with Crippen molar-refractivity contribution >= 4 is 11.5 Å². The summed E-state index contributed by atoms with van der Waals surface area (Å²) in [4.78, 5) is 10.8. The summed E-state index contributed by atoms with van der Waals surface area (Å²) in [6, 6.07) is 9.61. The highest BCUT2D eigenvalue weighted by molar-refractivity contribution is 5.58. The van der Waals surface area contributed by atoms with Crippen LogP contribution in [0.4, 0.5) is 11.5 Å². The fourth-order valence-electron chi connectivity index (χ4n) is 2.03. The van der Waals surface area contributed by atoms with Crippen molar-refractivity contribution in [2.45, 2.75) is 32.7 Å².